The van der Waals surface area contributed by atoms with E-state index in [4.69, 9.17) is 0 Å². The molecule has 0 saturated heterocycles. The van der Waals surface area contributed by atoms with Gasteiger partial charge in [0.05, 0.1) is 5.75 Å². The van der Waals surface area contributed by atoms with Gasteiger partial charge in [-0.05, 0) is 31.3 Å². The molecule has 0 bridgehead atoms. The van der Waals surface area contributed by atoms with E-state index < -0.39 is 15.9 Å². The molecule has 1 amide bonds. The summed E-state index contributed by atoms with van der Waals surface area (Å²) in [7, 11) is -3.36. The maximum atomic E-state index is 11.3. The van der Waals surface area contributed by atoms with Gasteiger partial charge in [-0.1, -0.05) is 0 Å². The molecule has 0 saturated carbocycles. The van der Waals surface area contributed by atoms with Crippen molar-refractivity contribution >= 4 is 15.9 Å². The molecule has 0 aromatic heterocycles. The van der Waals surface area contributed by atoms with Crippen LogP contribution in [-0.2, 0) is 14.8 Å². The minimum absolute atomic E-state index is 0.0219. The van der Waals surface area contributed by atoms with E-state index in [1.54, 1.807) is 0 Å². The molecule has 1 N–H and O–H groups in total. The third kappa shape index (κ3) is 1.60. The highest BCUT2D eigenvalue weighted by atomic mass is 32.2. The van der Waals surface area contributed by atoms with Gasteiger partial charge in [-0.3, -0.25) is 4.79 Å². The van der Waals surface area contributed by atoms with Crippen LogP contribution in [0.4, 0.5) is 0 Å². The zero-order valence-corrected chi connectivity index (χ0v) is 7.99. The summed E-state index contributed by atoms with van der Waals surface area (Å²) in [6, 6.07) is 0. The topological polar surface area (TPSA) is 63.2 Å². The van der Waals surface area contributed by atoms with E-state index in [2.05, 4.69) is 0 Å². The van der Waals surface area contributed by atoms with Crippen LogP contribution in [0.1, 0.15) is 25.7 Å². The molecule has 0 aromatic rings. The molecule has 0 fully saturated rings. The molecule has 4 nitrogen and oxygen atoms in total. The van der Waals surface area contributed by atoms with Crippen LogP contribution in [0.5, 0.6) is 0 Å². The Morgan fingerprint density at radius 2 is 1.85 bits per heavy atom. The monoisotopic (exact) mass is 201 g/mol. The fourth-order valence-corrected chi connectivity index (χ4v) is 3.12. The predicted octanol–water partition coefficient (Wildman–Crippen LogP) is 0.317. The van der Waals surface area contributed by atoms with E-state index in [0.29, 0.717) is 5.57 Å². The lowest BCUT2D eigenvalue weighted by atomic mass is 9.92. The van der Waals surface area contributed by atoms with Gasteiger partial charge in [0.25, 0.3) is 5.91 Å². The minimum Gasteiger partial charge on any atom is -0.269 e. The molecule has 72 valence electrons. The van der Waals surface area contributed by atoms with Crippen LogP contribution in [0.25, 0.3) is 0 Å². The zero-order valence-electron chi connectivity index (χ0n) is 7.17. The van der Waals surface area contributed by atoms with Gasteiger partial charge in [-0.25, -0.2) is 13.1 Å². The first-order chi connectivity index (χ1) is 6.08. The van der Waals surface area contributed by atoms with Crippen LogP contribution in [0.3, 0.4) is 0 Å². The van der Waals surface area contributed by atoms with Gasteiger partial charge in [0.15, 0.2) is 0 Å². The van der Waals surface area contributed by atoms with E-state index in [-0.39, 0.29) is 5.75 Å². The highest BCUT2D eigenvalue weighted by Crippen LogP contribution is 2.28. The van der Waals surface area contributed by atoms with Gasteiger partial charge in [0.1, 0.15) is 0 Å². The van der Waals surface area contributed by atoms with Crippen molar-refractivity contribution in [1.29, 1.82) is 0 Å². The maximum Gasteiger partial charge on any atom is 0.260 e. The molecule has 0 radical (unpaired) electrons. The molecular weight excluding hydrogens is 190 g/mol. The first-order valence-electron chi connectivity index (χ1n) is 4.34. The van der Waals surface area contributed by atoms with Crippen molar-refractivity contribution in [3.63, 3.8) is 0 Å². The van der Waals surface area contributed by atoms with Crippen LogP contribution >= 0.6 is 0 Å². The molecule has 0 spiro atoms. The average molecular weight is 201 g/mol. The smallest absolute Gasteiger partial charge is 0.260 e. The number of hydrogen-bond acceptors (Lipinski definition) is 3. The van der Waals surface area contributed by atoms with E-state index >= 15 is 0 Å². The van der Waals surface area contributed by atoms with Crippen LogP contribution in [-0.4, -0.2) is 20.1 Å². The highest BCUT2D eigenvalue weighted by molar-refractivity contribution is 7.90. The van der Waals surface area contributed by atoms with E-state index in [0.717, 1.165) is 31.3 Å². The molecule has 1 aliphatic heterocycles. The number of rotatable bonds is 0. The third-order valence-corrected chi connectivity index (χ3v) is 3.69. The summed E-state index contributed by atoms with van der Waals surface area (Å²) >= 11 is 0. The van der Waals surface area contributed by atoms with Gasteiger partial charge in [-0.15, -0.1) is 0 Å². The summed E-state index contributed by atoms with van der Waals surface area (Å²) in [6.45, 7) is 0. The van der Waals surface area contributed by atoms with Crippen molar-refractivity contribution < 1.29 is 13.2 Å². The van der Waals surface area contributed by atoms with Gasteiger partial charge < -0.3 is 0 Å². The molecular formula is C8H11NO3S. The highest BCUT2D eigenvalue weighted by Gasteiger charge is 2.30. The number of carbonyl (C=O) groups excluding carboxylic acids is 1. The molecule has 0 atom stereocenters. The molecule has 1 aliphatic carbocycles. The Labute approximate surface area is 77.1 Å². The summed E-state index contributed by atoms with van der Waals surface area (Å²) in [5, 5.41) is 0. The molecule has 0 aromatic carbocycles. The van der Waals surface area contributed by atoms with Gasteiger partial charge in [0.2, 0.25) is 10.0 Å². The van der Waals surface area contributed by atoms with Crippen molar-refractivity contribution in [1.82, 2.24) is 4.72 Å². The molecule has 13 heavy (non-hydrogen) atoms. The molecule has 2 rings (SSSR count). The number of amides is 1. The third-order valence-electron chi connectivity index (χ3n) is 2.47. The SMILES string of the molecule is O=C1NS(=O)(=O)CC2=C1CCCC2. The van der Waals surface area contributed by atoms with Gasteiger partial charge >= 0.3 is 0 Å². The lowest BCUT2D eigenvalue weighted by molar-refractivity contribution is -0.116. The molecule has 0 unspecified atom stereocenters. The standard InChI is InChI=1S/C8H11NO3S/c10-8-7-4-2-1-3-6(7)5-13(11,12)9-8/h1-5H2,(H,9,10). The largest absolute Gasteiger partial charge is 0.269 e. The first-order valence-corrected chi connectivity index (χ1v) is 5.99. The first kappa shape index (κ1) is 8.74. The maximum absolute atomic E-state index is 11.3. The lowest BCUT2D eigenvalue weighted by Crippen LogP contribution is -2.40. The van der Waals surface area contributed by atoms with Crippen LogP contribution in [0, 0.1) is 0 Å². The summed E-state index contributed by atoms with van der Waals surface area (Å²) in [5.41, 5.74) is 1.54. The summed E-state index contributed by atoms with van der Waals surface area (Å²) in [4.78, 5) is 11.3. The quantitative estimate of drug-likeness (QED) is 0.613. The Bertz CT molecular complexity index is 380. The van der Waals surface area contributed by atoms with Crippen LogP contribution in [0.2, 0.25) is 0 Å². The van der Waals surface area contributed by atoms with E-state index in [1.165, 1.54) is 0 Å². The lowest BCUT2D eigenvalue weighted by Gasteiger charge is -2.24. The number of sulfonamides is 1. The Balaban J connectivity index is 2.41. The normalized spacial score (nSPS) is 26.6. The second-order valence-corrected chi connectivity index (χ2v) is 5.20. The second kappa shape index (κ2) is 2.83. The molecule has 5 heteroatoms. The zero-order chi connectivity index (χ0) is 9.47. The Hall–Kier alpha value is -0.840. The van der Waals surface area contributed by atoms with Crippen molar-refractivity contribution in [3.8, 4) is 0 Å². The van der Waals surface area contributed by atoms with Gasteiger partial charge in [0, 0.05) is 5.57 Å². The van der Waals surface area contributed by atoms with Gasteiger partial charge in [-0.2, -0.15) is 0 Å². The fraction of sp³-hybridized carbons (Fsp3) is 0.625. The van der Waals surface area contributed by atoms with E-state index in [9.17, 15) is 13.2 Å². The minimum atomic E-state index is -3.36. The Kier molecular flexibility index (Phi) is 1.91. The molecule has 2 aliphatic rings. The summed E-state index contributed by atoms with van der Waals surface area (Å²) in [5.74, 6) is -0.380. The molecule has 1 heterocycles. The Morgan fingerprint density at radius 3 is 2.62 bits per heavy atom. The summed E-state index contributed by atoms with van der Waals surface area (Å²) in [6.07, 6.45) is 3.49. The number of nitrogens with one attached hydrogen (secondary N) is 1. The van der Waals surface area contributed by atoms with Crippen molar-refractivity contribution in [2.24, 2.45) is 0 Å². The van der Waals surface area contributed by atoms with Crippen molar-refractivity contribution in [3.05, 3.63) is 11.1 Å². The second-order valence-electron chi connectivity index (χ2n) is 3.48. The van der Waals surface area contributed by atoms with Crippen LogP contribution in [0.15, 0.2) is 11.1 Å². The number of hydrogen-bond donors (Lipinski definition) is 1. The summed E-state index contributed by atoms with van der Waals surface area (Å²) < 4.78 is 24.3. The van der Waals surface area contributed by atoms with Crippen LogP contribution < -0.4 is 4.72 Å². The Morgan fingerprint density at radius 1 is 1.15 bits per heavy atom. The number of carbonyl (C=O) groups is 1. The van der Waals surface area contributed by atoms with E-state index in [1.807, 2.05) is 4.72 Å². The van der Waals surface area contributed by atoms with Crippen molar-refractivity contribution in [2.45, 2.75) is 25.7 Å². The van der Waals surface area contributed by atoms with Crippen molar-refractivity contribution in [2.75, 3.05) is 5.75 Å². The fourth-order valence-electron chi connectivity index (χ4n) is 1.87. The predicted molar refractivity (Wildman–Crippen MR) is 47.4 cm³/mol. The average Bonchev–Trinajstić information content (AvgIpc) is 2.02.